The molecule has 2 aliphatic rings. The van der Waals surface area contributed by atoms with Gasteiger partial charge in [0.1, 0.15) is 10.7 Å². The topological polar surface area (TPSA) is 151 Å². The molecule has 2 fully saturated rings. The van der Waals surface area contributed by atoms with Crippen LogP contribution in [-0.2, 0) is 10.0 Å². The number of likely N-dealkylation sites (tertiary alicyclic amines) is 1. The van der Waals surface area contributed by atoms with Crippen molar-refractivity contribution in [2.45, 2.75) is 38.3 Å². The minimum absolute atomic E-state index is 0.222. The molecule has 0 saturated carbocycles. The first-order chi connectivity index (χ1) is 22.6. The maximum Gasteiger partial charge on any atom is 0.261 e. The summed E-state index contributed by atoms with van der Waals surface area (Å²) in [5.74, 6) is 0.363. The van der Waals surface area contributed by atoms with E-state index in [-0.39, 0.29) is 11.6 Å². The first-order valence-corrected chi connectivity index (χ1v) is 18.2. The molecule has 5 aromatic rings. The zero-order chi connectivity index (χ0) is 32.7. The molecule has 6 heterocycles. The molecule has 0 amide bonds. The second kappa shape index (κ2) is 12.7. The van der Waals surface area contributed by atoms with Crippen LogP contribution in [0.4, 0.5) is 17.3 Å². The summed E-state index contributed by atoms with van der Waals surface area (Å²) in [5.41, 5.74) is 4.01. The smallest absolute Gasteiger partial charge is 0.261 e. The van der Waals surface area contributed by atoms with Gasteiger partial charge in [-0.3, -0.25) is 9.36 Å². The van der Waals surface area contributed by atoms with Crippen molar-refractivity contribution in [2.24, 2.45) is 0 Å². The van der Waals surface area contributed by atoms with Crippen LogP contribution >= 0.6 is 11.3 Å². The second-order valence-corrected chi connectivity index (χ2v) is 15.4. The molecule has 0 bridgehead atoms. The number of aromatic nitrogens is 6. The Morgan fingerprint density at radius 2 is 1.72 bits per heavy atom. The molecule has 1 aromatic carbocycles. The highest BCUT2D eigenvalue weighted by molar-refractivity contribution is 7.88. The third-order valence-electron chi connectivity index (χ3n) is 8.82. The average molecular weight is 673 g/mol. The molecule has 4 aromatic heterocycles. The van der Waals surface area contributed by atoms with Crippen LogP contribution in [0.5, 0.6) is 0 Å². The Hall–Kier alpha value is -4.31. The van der Waals surface area contributed by atoms with Crippen LogP contribution in [0.25, 0.3) is 32.9 Å². The molecular weight excluding hydrogens is 637 g/mol. The number of pyridine rings is 1. The van der Waals surface area contributed by atoms with E-state index in [4.69, 9.17) is 9.97 Å². The molecule has 0 aliphatic carbocycles. The van der Waals surface area contributed by atoms with E-state index in [0.717, 1.165) is 46.3 Å². The van der Waals surface area contributed by atoms with Gasteiger partial charge in [-0.15, -0.1) is 11.3 Å². The average Bonchev–Trinajstić information content (AvgIpc) is 3.66. The molecule has 1 atom stereocenters. The number of piperidine rings is 1. The summed E-state index contributed by atoms with van der Waals surface area (Å²) in [5, 5.41) is 16.2. The number of hydrogen-bond donors (Lipinski definition) is 2. The van der Waals surface area contributed by atoms with Crippen molar-refractivity contribution >= 4 is 49.7 Å². The number of fused-ring (bicyclic) bond motifs is 1. The van der Waals surface area contributed by atoms with E-state index in [9.17, 15) is 13.2 Å². The van der Waals surface area contributed by atoms with Gasteiger partial charge in [0.05, 0.1) is 29.9 Å². The molecule has 244 valence electrons. The molecule has 7 rings (SSSR count). The van der Waals surface area contributed by atoms with Crippen LogP contribution in [-0.4, -0.2) is 92.9 Å². The third-order valence-corrected chi connectivity index (χ3v) is 11.1. The molecule has 2 aliphatic heterocycles. The second-order valence-electron chi connectivity index (χ2n) is 12.2. The largest absolute Gasteiger partial charge is 0.381 e. The fourth-order valence-electron chi connectivity index (χ4n) is 6.38. The zero-order valence-electron chi connectivity index (χ0n) is 26.4. The number of hydrogen-bond acceptors (Lipinski definition) is 12. The van der Waals surface area contributed by atoms with Crippen LogP contribution in [0.2, 0.25) is 0 Å². The Kier molecular flexibility index (Phi) is 8.46. The minimum Gasteiger partial charge on any atom is -0.381 e. The molecule has 1 unspecified atom stereocenters. The number of likely N-dealkylation sites (N-methyl/N-ethyl adjacent to an activating group) is 1. The predicted octanol–water partition coefficient (Wildman–Crippen LogP) is 4.14. The number of sulfonamides is 1. The van der Waals surface area contributed by atoms with Crippen molar-refractivity contribution in [3.05, 3.63) is 70.2 Å². The molecular formula is C32H36N10O3S2. The Balaban J connectivity index is 1.24. The van der Waals surface area contributed by atoms with Crippen LogP contribution < -0.4 is 16.2 Å². The number of anilines is 3. The summed E-state index contributed by atoms with van der Waals surface area (Å²) in [6.45, 7) is 4.70. The Morgan fingerprint density at radius 3 is 2.40 bits per heavy atom. The maximum atomic E-state index is 14.4. The van der Waals surface area contributed by atoms with Gasteiger partial charge in [0, 0.05) is 65.1 Å². The van der Waals surface area contributed by atoms with Gasteiger partial charge >= 0.3 is 0 Å². The van der Waals surface area contributed by atoms with E-state index in [1.54, 1.807) is 29.2 Å². The minimum atomic E-state index is -3.33. The Bertz CT molecular complexity index is 2080. The van der Waals surface area contributed by atoms with E-state index in [0.29, 0.717) is 60.2 Å². The van der Waals surface area contributed by atoms with Crippen molar-refractivity contribution < 1.29 is 8.42 Å². The summed E-state index contributed by atoms with van der Waals surface area (Å²) in [4.78, 5) is 31.9. The molecule has 0 spiro atoms. The van der Waals surface area contributed by atoms with Gasteiger partial charge in [-0.05, 0) is 76.2 Å². The molecule has 47 heavy (non-hydrogen) atoms. The Morgan fingerprint density at radius 1 is 0.957 bits per heavy atom. The first kappa shape index (κ1) is 31.3. The number of nitrogens with one attached hydrogen (secondary N) is 2. The zero-order valence-corrected chi connectivity index (χ0v) is 28.1. The molecule has 0 radical (unpaired) electrons. The SMILES string of the molecule is Cc1sc(-c2ccnnc2)nc1-c1cc2cnc(Nc3ccc(NC4CCN(C)C4)cc3)nc2n(C2CCN(S(C)(=O)=O)CC2)c1=O. The van der Waals surface area contributed by atoms with Gasteiger partial charge < -0.3 is 15.5 Å². The van der Waals surface area contributed by atoms with E-state index < -0.39 is 10.0 Å². The van der Waals surface area contributed by atoms with Gasteiger partial charge in [0.15, 0.2) is 0 Å². The number of nitrogens with zero attached hydrogens (tertiary/aromatic N) is 8. The summed E-state index contributed by atoms with van der Waals surface area (Å²) in [6.07, 6.45) is 8.28. The lowest BCUT2D eigenvalue weighted by Gasteiger charge is -2.32. The highest BCUT2D eigenvalue weighted by atomic mass is 32.2. The molecule has 2 saturated heterocycles. The van der Waals surface area contributed by atoms with Gasteiger partial charge in [-0.1, -0.05) is 0 Å². The quantitative estimate of drug-likeness (QED) is 0.245. The van der Waals surface area contributed by atoms with Crippen molar-refractivity contribution in [2.75, 3.05) is 50.1 Å². The maximum absolute atomic E-state index is 14.4. The normalized spacial score (nSPS) is 18.1. The van der Waals surface area contributed by atoms with E-state index in [2.05, 4.69) is 37.8 Å². The molecule has 2 N–H and O–H groups in total. The predicted molar refractivity (Wildman–Crippen MR) is 185 cm³/mol. The fraction of sp³-hybridized carbons (Fsp3) is 0.375. The van der Waals surface area contributed by atoms with Crippen LogP contribution in [0.3, 0.4) is 0 Å². The van der Waals surface area contributed by atoms with Gasteiger partial charge in [0.25, 0.3) is 5.56 Å². The van der Waals surface area contributed by atoms with Crippen molar-refractivity contribution in [1.82, 2.24) is 38.9 Å². The van der Waals surface area contributed by atoms with E-state index >= 15 is 0 Å². The highest BCUT2D eigenvalue weighted by Crippen LogP contribution is 2.34. The summed E-state index contributed by atoms with van der Waals surface area (Å²) in [6, 6.07) is 11.8. The highest BCUT2D eigenvalue weighted by Gasteiger charge is 2.29. The first-order valence-electron chi connectivity index (χ1n) is 15.6. The van der Waals surface area contributed by atoms with Crippen molar-refractivity contribution in [3.63, 3.8) is 0 Å². The van der Waals surface area contributed by atoms with Gasteiger partial charge in [-0.2, -0.15) is 15.2 Å². The van der Waals surface area contributed by atoms with E-state index in [1.807, 2.05) is 37.3 Å². The summed E-state index contributed by atoms with van der Waals surface area (Å²) < 4.78 is 27.7. The van der Waals surface area contributed by atoms with Gasteiger partial charge in [0.2, 0.25) is 16.0 Å². The lowest BCUT2D eigenvalue weighted by Crippen LogP contribution is -2.40. The number of benzene rings is 1. The van der Waals surface area contributed by atoms with Crippen molar-refractivity contribution in [3.8, 4) is 21.8 Å². The standard InChI is InChI=1S/C32H36N10O3S2/c1-20-28(38-30(46-20)21-8-12-34-35-18-21)27-16-22-17-33-32(37-24-6-4-23(5-7-24)36-25-9-13-40(2)19-25)39-29(22)42(31(27)43)26-10-14-41(15-11-26)47(3,44)45/h4-8,12,16-18,25-26,36H,9-11,13-15,19H2,1-3H3,(H,33,37,39). The van der Waals surface area contributed by atoms with Crippen LogP contribution in [0.1, 0.15) is 30.2 Å². The lowest BCUT2D eigenvalue weighted by molar-refractivity contribution is 0.275. The molecule has 15 heteroatoms. The third kappa shape index (κ3) is 6.61. The number of thiazole rings is 1. The van der Waals surface area contributed by atoms with Crippen LogP contribution in [0, 0.1) is 6.92 Å². The van der Waals surface area contributed by atoms with Gasteiger partial charge in [-0.25, -0.2) is 22.7 Å². The fourth-order valence-corrected chi connectivity index (χ4v) is 8.17. The summed E-state index contributed by atoms with van der Waals surface area (Å²) >= 11 is 1.49. The van der Waals surface area contributed by atoms with E-state index in [1.165, 1.54) is 21.9 Å². The van der Waals surface area contributed by atoms with Crippen molar-refractivity contribution in [1.29, 1.82) is 0 Å². The Labute approximate surface area is 276 Å². The number of rotatable bonds is 8. The number of aryl methyl sites for hydroxylation is 1. The monoisotopic (exact) mass is 672 g/mol. The van der Waals surface area contributed by atoms with Crippen LogP contribution in [0.15, 0.2) is 59.8 Å². The lowest BCUT2D eigenvalue weighted by atomic mass is 10.0. The summed E-state index contributed by atoms with van der Waals surface area (Å²) in [7, 11) is -1.20. The molecule has 13 nitrogen and oxygen atoms in total.